The van der Waals surface area contributed by atoms with E-state index in [2.05, 4.69) is 6.92 Å². The van der Waals surface area contributed by atoms with Crippen LogP contribution in [0.3, 0.4) is 0 Å². The van der Waals surface area contributed by atoms with Gasteiger partial charge in [-0.25, -0.2) is 0 Å². The number of hydrogen-bond donors (Lipinski definition) is 1. The molecule has 98 valence electrons. The van der Waals surface area contributed by atoms with Crippen molar-refractivity contribution in [3.05, 3.63) is 0 Å². The quantitative estimate of drug-likeness (QED) is 0.820. The summed E-state index contributed by atoms with van der Waals surface area (Å²) >= 11 is 0. The largest absolute Gasteiger partial charge is 0.481 e. The molecule has 1 heterocycles. The Kier molecular flexibility index (Phi) is 5.45. The number of amides is 1. The molecule has 1 aliphatic rings. The highest BCUT2D eigenvalue weighted by Crippen LogP contribution is 2.18. The Bertz CT molecular complexity index is 278. The number of likely N-dealkylation sites (tertiary alicyclic amines) is 1. The van der Waals surface area contributed by atoms with Gasteiger partial charge in [-0.1, -0.05) is 20.3 Å². The lowest BCUT2D eigenvalue weighted by Crippen LogP contribution is -2.35. The Labute approximate surface area is 103 Å². The zero-order valence-electron chi connectivity index (χ0n) is 10.8. The molecule has 1 aliphatic heterocycles. The van der Waals surface area contributed by atoms with Gasteiger partial charge in [0.15, 0.2) is 0 Å². The fourth-order valence-corrected chi connectivity index (χ4v) is 2.38. The van der Waals surface area contributed by atoms with Crippen LogP contribution in [0.2, 0.25) is 0 Å². The fourth-order valence-electron chi connectivity index (χ4n) is 2.38. The molecule has 1 saturated heterocycles. The van der Waals surface area contributed by atoms with Gasteiger partial charge in [0.2, 0.25) is 5.91 Å². The van der Waals surface area contributed by atoms with Crippen LogP contribution in [0.25, 0.3) is 0 Å². The predicted molar refractivity (Wildman–Crippen MR) is 65.6 cm³/mol. The van der Waals surface area contributed by atoms with Crippen LogP contribution in [0.4, 0.5) is 0 Å². The summed E-state index contributed by atoms with van der Waals surface area (Å²) < 4.78 is 0. The number of aliphatic carboxylic acids is 1. The van der Waals surface area contributed by atoms with Gasteiger partial charge in [-0.2, -0.15) is 0 Å². The second-order valence-corrected chi connectivity index (χ2v) is 5.35. The van der Waals surface area contributed by atoms with Crippen molar-refractivity contribution in [2.24, 2.45) is 11.8 Å². The van der Waals surface area contributed by atoms with E-state index in [4.69, 9.17) is 5.11 Å². The summed E-state index contributed by atoms with van der Waals surface area (Å²) in [5.41, 5.74) is 0. The van der Waals surface area contributed by atoms with E-state index < -0.39 is 5.97 Å². The second-order valence-electron chi connectivity index (χ2n) is 5.35. The molecular weight excluding hydrogens is 218 g/mol. The first-order chi connectivity index (χ1) is 7.99. The van der Waals surface area contributed by atoms with Crippen LogP contribution in [0.1, 0.15) is 46.0 Å². The van der Waals surface area contributed by atoms with E-state index in [0.29, 0.717) is 12.3 Å². The first-order valence-electron chi connectivity index (χ1n) is 6.48. The van der Waals surface area contributed by atoms with E-state index in [1.165, 1.54) is 12.8 Å². The molecule has 4 heteroatoms. The topological polar surface area (TPSA) is 57.6 Å². The summed E-state index contributed by atoms with van der Waals surface area (Å²) in [6, 6.07) is 0. The third kappa shape index (κ3) is 5.20. The molecule has 1 amide bonds. The third-order valence-corrected chi connectivity index (χ3v) is 3.31. The van der Waals surface area contributed by atoms with E-state index in [-0.39, 0.29) is 18.2 Å². The molecule has 0 spiro atoms. The van der Waals surface area contributed by atoms with E-state index in [1.54, 1.807) is 0 Å². The highest BCUT2D eigenvalue weighted by molar-refractivity contribution is 5.77. The summed E-state index contributed by atoms with van der Waals surface area (Å²) in [7, 11) is 0. The minimum atomic E-state index is -0.825. The molecule has 0 aromatic heterocycles. The predicted octanol–water partition coefficient (Wildman–Crippen LogP) is 2.14. The Balaban J connectivity index is 2.42. The molecule has 0 saturated carbocycles. The molecule has 2 atom stereocenters. The van der Waals surface area contributed by atoms with Gasteiger partial charge >= 0.3 is 5.97 Å². The van der Waals surface area contributed by atoms with Gasteiger partial charge in [0.1, 0.15) is 0 Å². The van der Waals surface area contributed by atoms with E-state index >= 15 is 0 Å². The number of rotatable bonds is 4. The lowest BCUT2D eigenvalue weighted by Gasteiger charge is -2.24. The Morgan fingerprint density at radius 3 is 2.71 bits per heavy atom. The molecule has 0 radical (unpaired) electrons. The van der Waals surface area contributed by atoms with Crippen LogP contribution in [0, 0.1) is 11.8 Å². The van der Waals surface area contributed by atoms with Crippen molar-refractivity contribution in [2.75, 3.05) is 13.1 Å². The number of carbonyl (C=O) groups is 2. The molecule has 0 aliphatic carbocycles. The summed E-state index contributed by atoms with van der Waals surface area (Å²) in [5.74, 6) is -0.211. The average Bonchev–Trinajstić information content (AvgIpc) is 2.41. The minimum absolute atomic E-state index is 0.0708. The smallest absolute Gasteiger partial charge is 0.303 e. The lowest BCUT2D eigenvalue weighted by molar-refractivity contribution is -0.138. The van der Waals surface area contributed by atoms with Gasteiger partial charge in [0, 0.05) is 25.9 Å². The van der Waals surface area contributed by atoms with Crippen LogP contribution in [0.5, 0.6) is 0 Å². The van der Waals surface area contributed by atoms with Crippen LogP contribution >= 0.6 is 0 Å². The zero-order valence-corrected chi connectivity index (χ0v) is 10.8. The molecule has 4 nitrogen and oxygen atoms in total. The molecule has 0 bridgehead atoms. The van der Waals surface area contributed by atoms with Gasteiger partial charge in [0.05, 0.1) is 0 Å². The highest BCUT2D eigenvalue weighted by Gasteiger charge is 2.21. The van der Waals surface area contributed by atoms with Gasteiger partial charge in [0.25, 0.3) is 0 Å². The number of nitrogens with zero attached hydrogens (tertiary/aromatic N) is 1. The normalized spacial score (nSPS) is 22.9. The molecule has 1 fully saturated rings. The zero-order chi connectivity index (χ0) is 12.8. The number of carbonyl (C=O) groups excluding carboxylic acids is 1. The van der Waals surface area contributed by atoms with Gasteiger partial charge in [-0.15, -0.1) is 0 Å². The van der Waals surface area contributed by atoms with Crippen molar-refractivity contribution < 1.29 is 14.7 Å². The second kappa shape index (κ2) is 6.62. The maximum Gasteiger partial charge on any atom is 0.303 e. The molecule has 2 unspecified atom stereocenters. The van der Waals surface area contributed by atoms with Gasteiger partial charge in [-0.3, -0.25) is 9.59 Å². The first-order valence-corrected chi connectivity index (χ1v) is 6.48. The fraction of sp³-hybridized carbons (Fsp3) is 0.846. The van der Waals surface area contributed by atoms with Gasteiger partial charge in [-0.05, 0) is 24.7 Å². The summed E-state index contributed by atoms with van der Waals surface area (Å²) in [5, 5.41) is 8.67. The van der Waals surface area contributed by atoms with E-state index in [1.807, 2.05) is 11.8 Å². The van der Waals surface area contributed by atoms with Crippen molar-refractivity contribution in [1.29, 1.82) is 0 Å². The maximum absolute atomic E-state index is 12.0. The molecule has 1 N–H and O–H groups in total. The van der Waals surface area contributed by atoms with E-state index in [9.17, 15) is 9.59 Å². The number of hydrogen-bond acceptors (Lipinski definition) is 2. The summed E-state index contributed by atoms with van der Waals surface area (Å²) in [6.45, 7) is 5.67. The molecule has 1 rings (SSSR count). The summed E-state index contributed by atoms with van der Waals surface area (Å²) in [4.78, 5) is 24.5. The third-order valence-electron chi connectivity index (χ3n) is 3.31. The van der Waals surface area contributed by atoms with Crippen LogP contribution in [-0.4, -0.2) is 35.0 Å². The van der Waals surface area contributed by atoms with Crippen LogP contribution < -0.4 is 0 Å². The highest BCUT2D eigenvalue weighted by atomic mass is 16.4. The number of carboxylic acid groups (broad SMARTS) is 1. The average molecular weight is 241 g/mol. The first kappa shape index (κ1) is 14.0. The van der Waals surface area contributed by atoms with E-state index in [0.717, 1.165) is 19.5 Å². The monoisotopic (exact) mass is 241 g/mol. The lowest BCUT2D eigenvalue weighted by atomic mass is 10.0. The molecule has 0 aromatic rings. The Morgan fingerprint density at radius 2 is 2.06 bits per heavy atom. The molecule has 0 aromatic carbocycles. The van der Waals surface area contributed by atoms with Crippen LogP contribution in [0.15, 0.2) is 0 Å². The summed E-state index contributed by atoms with van der Waals surface area (Å²) in [6.07, 6.45) is 3.89. The van der Waals surface area contributed by atoms with Crippen molar-refractivity contribution in [2.45, 2.75) is 46.0 Å². The van der Waals surface area contributed by atoms with Crippen molar-refractivity contribution in [3.63, 3.8) is 0 Å². The van der Waals surface area contributed by atoms with Gasteiger partial charge < -0.3 is 10.0 Å². The SMILES string of the molecule is CC(CC(=O)O)CC(=O)N1CCCCC(C)C1. The Hall–Kier alpha value is -1.06. The maximum atomic E-state index is 12.0. The van der Waals surface area contributed by atoms with Crippen molar-refractivity contribution >= 4 is 11.9 Å². The molecular formula is C13H23NO3. The molecule has 17 heavy (non-hydrogen) atoms. The van der Waals surface area contributed by atoms with Crippen molar-refractivity contribution in [1.82, 2.24) is 4.90 Å². The minimum Gasteiger partial charge on any atom is -0.481 e. The van der Waals surface area contributed by atoms with Crippen molar-refractivity contribution in [3.8, 4) is 0 Å². The Morgan fingerprint density at radius 1 is 1.35 bits per heavy atom. The standard InChI is InChI=1S/C13H23NO3/c1-10-5-3-4-6-14(9-10)12(15)7-11(2)8-13(16)17/h10-11H,3-9H2,1-2H3,(H,16,17). The van der Waals surface area contributed by atoms with Crippen LogP contribution in [-0.2, 0) is 9.59 Å². The number of carboxylic acids is 1.